The van der Waals surface area contributed by atoms with Gasteiger partial charge in [0, 0.05) is 19.3 Å². The van der Waals surface area contributed by atoms with E-state index in [2.05, 4.69) is 5.32 Å². The Morgan fingerprint density at radius 2 is 1.65 bits per heavy atom. The molecule has 2 saturated heterocycles. The molecule has 1 N–H and O–H groups in total. The number of carbonyl (C=O) groups excluding carboxylic acids is 2. The van der Waals surface area contributed by atoms with E-state index in [-0.39, 0.29) is 18.2 Å². The van der Waals surface area contributed by atoms with Gasteiger partial charge in [0.15, 0.2) is 11.6 Å². The Morgan fingerprint density at radius 3 is 2.29 bits per heavy atom. The van der Waals surface area contributed by atoms with Gasteiger partial charge >= 0.3 is 0 Å². The summed E-state index contributed by atoms with van der Waals surface area (Å²) in [6, 6.07) is 0. The molecule has 2 aliphatic heterocycles. The number of carbonyl (C=O) groups is 2. The zero-order valence-corrected chi connectivity index (χ0v) is 9.79. The maximum absolute atomic E-state index is 12.0. The van der Waals surface area contributed by atoms with Gasteiger partial charge in [-0.05, 0) is 12.8 Å². The third kappa shape index (κ3) is 1.77. The van der Waals surface area contributed by atoms with E-state index in [1.54, 1.807) is 0 Å². The van der Waals surface area contributed by atoms with Crippen LogP contribution in [0.3, 0.4) is 0 Å². The van der Waals surface area contributed by atoms with Crippen molar-refractivity contribution in [1.29, 1.82) is 0 Å². The predicted molar refractivity (Wildman–Crippen MR) is 58.2 cm³/mol. The van der Waals surface area contributed by atoms with Crippen molar-refractivity contribution in [1.82, 2.24) is 5.32 Å². The number of ether oxygens (including phenoxy) is 2. The summed E-state index contributed by atoms with van der Waals surface area (Å²) in [5.74, 6) is -0.301. The highest BCUT2D eigenvalue weighted by molar-refractivity contribution is 5.96. The fraction of sp³-hybridized carbons (Fsp3) is 0.833. The maximum atomic E-state index is 12.0. The number of piperidine rings is 1. The molecule has 5 nitrogen and oxygen atoms in total. The molecule has 94 valence electrons. The molecule has 2 heterocycles. The summed E-state index contributed by atoms with van der Waals surface area (Å²) >= 11 is 0. The zero-order valence-electron chi connectivity index (χ0n) is 9.79. The van der Waals surface area contributed by atoms with Gasteiger partial charge in [0.1, 0.15) is 0 Å². The highest BCUT2D eigenvalue weighted by Gasteiger charge is 2.51. The summed E-state index contributed by atoms with van der Waals surface area (Å²) in [6.07, 6.45) is 3.19. The summed E-state index contributed by atoms with van der Waals surface area (Å²) in [7, 11) is 0. The van der Waals surface area contributed by atoms with Crippen molar-refractivity contribution in [3.8, 4) is 0 Å². The van der Waals surface area contributed by atoms with Gasteiger partial charge in [0.25, 0.3) is 0 Å². The Kier molecular flexibility index (Phi) is 2.48. The highest BCUT2D eigenvalue weighted by Crippen LogP contribution is 2.47. The van der Waals surface area contributed by atoms with Crippen LogP contribution >= 0.6 is 0 Å². The van der Waals surface area contributed by atoms with Gasteiger partial charge < -0.3 is 14.8 Å². The minimum atomic E-state index is -0.490. The van der Waals surface area contributed by atoms with Gasteiger partial charge in [-0.2, -0.15) is 0 Å². The molecule has 0 bridgehead atoms. The molecular formula is C12H17NO4. The first-order valence-electron chi connectivity index (χ1n) is 6.22. The van der Waals surface area contributed by atoms with Crippen LogP contribution in [0, 0.1) is 5.41 Å². The first kappa shape index (κ1) is 11.2. The topological polar surface area (TPSA) is 64.6 Å². The van der Waals surface area contributed by atoms with Crippen LogP contribution in [0.15, 0.2) is 0 Å². The summed E-state index contributed by atoms with van der Waals surface area (Å²) in [4.78, 5) is 23.5. The zero-order chi connectivity index (χ0) is 11.9. The predicted octanol–water partition coefficient (Wildman–Crippen LogP) is 0.379. The molecule has 3 rings (SSSR count). The fourth-order valence-corrected chi connectivity index (χ4v) is 3.19. The van der Waals surface area contributed by atoms with E-state index in [4.69, 9.17) is 9.47 Å². The van der Waals surface area contributed by atoms with Crippen molar-refractivity contribution in [2.24, 2.45) is 5.41 Å². The Bertz CT molecular complexity index is 350. The molecule has 1 amide bonds. The Labute approximate surface area is 99.8 Å². The van der Waals surface area contributed by atoms with E-state index in [9.17, 15) is 9.59 Å². The van der Waals surface area contributed by atoms with Crippen LogP contribution in [0.4, 0.5) is 0 Å². The fourth-order valence-electron chi connectivity index (χ4n) is 3.19. The second kappa shape index (κ2) is 3.78. The molecule has 0 radical (unpaired) electrons. The van der Waals surface area contributed by atoms with Crippen molar-refractivity contribution >= 4 is 11.7 Å². The molecule has 0 aromatic rings. The summed E-state index contributed by atoms with van der Waals surface area (Å²) in [6.45, 7) is 1.47. The molecule has 2 spiro atoms. The second-order valence-corrected chi connectivity index (χ2v) is 5.29. The lowest BCUT2D eigenvalue weighted by Gasteiger charge is -2.43. The normalized spacial score (nSPS) is 30.8. The number of Topliss-reactive ketones (excluding diaryl/α,β-unsaturated/α-hetero) is 1. The number of hydrogen-bond acceptors (Lipinski definition) is 4. The number of nitrogens with one attached hydrogen (secondary N) is 1. The van der Waals surface area contributed by atoms with Crippen molar-refractivity contribution in [3.05, 3.63) is 0 Å². The van der Waals surface area contributed by atoms with Crippen molar-refractivity contribution in [2.45, 2.75) is 37.9 Å². The van der Waals surface area contributed by atoms with E-state index in [1.165, 1.54) is 0 Å². The standard InChI is InChI=1S/C12H17NO4/c14-9-7-11(10(15)13-8-9)1-3-12(4-2-11)16-5-6-17-12/h1-8H2,(H,13,15). The minimum absolute atomic E-state index is 0.0324. The Balaban J connectivity index is 1.74. The number of amides is 1. The first-order chi connectivity index (χ1) is 8.14. The lowest BCUT2D eigenvalue weighted by molar-refractivity contribution is -0.195. The van der Waals surface area contributed by atoms with Crippen LogP contribution < -0.4 is 5.32 Å². The van der Waals surface area contributed by atoms with Crippen LogP contribution in [0.2, 0.25) is 0 Å². The smallest absolute Gasteiger partial charge is 0.227 e. The van der Waals surface area contributed by atoms with Gasteiger partial charge in [0.2, 0.25) is 5.91 Å². The molecule has 0 unspecified atom stereocenters. The molecule has 1 saturated carbocycles. The quantitative estimate of drug-likeness (QED) is 0.663. The molecule has 5 heteroatoms. The SMILES string of the molecule is O=C1CNC(=O)C2(CCC3(CC2)OCCO3)C1. The second-order valence-electron chi connectivity index (χ2n) is 5.29. The monoisotopic (exact) mass is 239 g/mol. The maximum Gasteiger partial charge on any atom is 0.227 e. The molecule has 17 heavy (non-hydrogen) atoms. The Hall–Kier alpha value is -0.940. The molecule has 3 fully saturated rings. The van der Waals surface area contributed by atoms with Crippen molar-refractivity contribution in [3.63, 3.8) is 0 Å². The molecular weight excluding hydrogens is 222 g/mol. The Morgan fingerprint density at radius 1 is 1.00 bits per heavy atom. The third-order valence-electron chi connectivity index (χ3n) is 4.25. The lowest BCUT2D eigenvalue weighted by Crippen LogP contribution is -2.53. The number of ketones is 1. The summed E-state index contributed by atoms with van der Waals surface area (Å²) < 4.78 is 11.3. The molecule has 0 aromatic heterocycles. The largest absolute Gasteiger partial charge is 0.349 e. The van der Waals surface area contributed by atoms with Crippen LogP contribution in [0.5, 0.6) is 0 Å². The van der Waals surface area contributed by atoms with Crippen molar-refractivity contribution < 1.29 is 19.1 Å². The van der Waals surface area contributed by atoms with Crippen molar-refractivity contribution in [2.75, 3.05) is 19.8 Å². The van der Waals surface area contributed by atoms with E-state index >= 15 is 0 Å². The number of hydrogen-bond donors (Lipinski definition) is 1. The highest BCUT2D eigenvalue weighted by atomic mass is 16.7. The van der Waals surface area contributed by atoms with Gasteiger partial charge in [-0.3, -0.25) is 9.59 Å². The molecule has 3 aliphatic rings. The molecule has 0 atom stereocenters. The minimum Gasteiger partial charge on any atom is -0.349 e. The third-order valence-corrected chi connectivity index (χ3v) is 4.25. The van der Waals surface area contributed by atoms with E-state index < -0.39 is 11.2 Å². The van der Waals surface area contributed by atoms with Gasteiger partial charge in [0.05, 0.1) is 25.2 Å². The van der Waals surface area contributed by atoms with E-state index in [0.717, 1.165) is 0 Å². The summed E-state index contributed by atoms with van der Waals surface area (Å²) in [5.41, 5.74) is -0.490. The van der Waals surface area contributed by atoms with Crippen LogP contribution in [0.25, 0.3) is 0 Å². The van der Waals surface area contributed by atoms with E-state index in [1.807, 2.05) is 0 Å². The van der Waals surface area contributed by atoms with Crippen LogP contribution in [-0.4, -0.2) is 37.2 Å². The first-order valence-corrected chi connectivity index (χ1v) is 6.22. The van der Waals surface area contributed by atoms with E-state index in [0.29, 0.717) is 45.3 Å². The van der Waals surface area contributed by atoms with Gasteiger partial charge in [-0.15, -0.1) is 0 Å². The van der Waals surface area contributed by atoms with Crippen LogP contribution in [0.1, 0.15) is 32.1 Å². The van der Waals surface area contributed by atoms with Crippen LogP contribution in [-0.2, 0) is 19.1 Å². The molecule has 0 aromatic carbocycles. The van der Waals surface area contributed by atoms with Gasteiger partial charge in [-0.25, -0.2) is 0 Å². The van der Waals surface area contributed by atoms with Gasteiger partial charge in [-0.1, -0.05) is 0 Å². The average molecular weight is 239 g/mol. The average Bonchev–Trinajstić information content (AvgIpc) is 2.78. The summed E-state index contributed by atoms with van der Waals surface area (Å²) in [5, 5.41) is 2.70. The molecule has 1 aliphatic carbocycles. The number of rotatable bonds is 0. The lowest BCUT2D eigenvalue weighted by atomic mass is 9.67.